The van der Waals surface area contributed by atoms with Crippen LogP contribution < -0.4 is 5.32 Å². The van der Waals surface area contributed by atoms with Crippen LogP contribution in [0.15, 0.2) is 30.6 Å². The van der Waals surface area contributed by atoms with Crippen molar-refractivity contribution < 1.29 is 0 Å². The number of rotatable bonds is 3. The highest BCUT2D eigenvalue weighted by atomic mass is 35.5. The van der Waals surface area contributed by atoms with Crippen LogP contribution in [0.25, 0.3) is 10.9 Å². The minimum absolute atomic E-state index is 0.687. The van der Waals surface area contributed by atoms with Gasteiger partial charge in [-0.15, -0.1) is 0 Å². The maximum absolute atomic E-state index is 6.41. The normalized spacial score (nSPS) is 11.0. The first-order chi connectivity index (χ1) is 10.1. The van der Waals surface area contributed by atoms with Gasteiger partial charge < -0.3 is 5.32 Å². The van der Waals surface area contributed by atoms with Gasteiger partial charge in [-0.25, -0.2) is 0 Å². The molecular formula is C16H17ClN4. The molecule has 21 heavy (non-hydrogen) atoms. The molecule has 0 aliphatic rings. The molecule has 4 nitrogen and oxygen atoms in total. The molecule has 5 heteroatoms. The molecule has 0 aliphatic heterocycles. The van der Waals surface area contributed by atoms with Crippen LogP contribution in [0.2, 0.25) is 5.02 Å². The molecular weight excluding hydrogens is 284 g/mol. The minimum atomic E-state index is 0.687. The smallest absolute Gasteiger partial charge is 0.0752 e. The van der Waals surface area contributed by atoms with Crippen LogP contribution >= 0.6 is 11.6 Å². The summed E-state index contributed by atoms with van der Waals surface area (Å²) in [5.41, 5.74) is 5.29. The van der Waals surface area contributed by atoms with E-state index < -0.39 is 0 Å². The van der Waals surface area contributed by atoms with E-state index in [1.165, 1.54) is 0 Å². The molecule has 0 amide bonds. The van der Waals surface area contributed by atoms with Crippen LogP contribution in [0.1, 0.15) is 16.8 Å². The zero-order chi connectivity index (χ0) is 15.0. The summed E-state index contributed by atoms with van der Waals surface area (Å²) in [5.74, 6) is 0. The molecule has 3 rings (SSSR count). The van der Waals surface area contributed by atoms with Crippen molar-refractivity contribution in [2.75, 3.05) is 5.32 Å². The number of aromatic nitrogens is 3. The van der Waals surface area contributed by atoms with Crippen LogP contribution in [0.4, 0.5) is 5.69 Å². The molecule has 0 unspecified atom stereocenters. The highest BCUT2D eigenvalue weighted by Crippen LogP contribution is 2.33. The number of benzene rings is 1. The Hall–Kier alpha value is -2.07. The molecule has 0 fully saturated rings. The first-order valence-corrected chi connectivity index (χ1v) is 7.21. The summed E-state index contributed by atoms with van der Waals surface area (Å²) in [7, 11) is 1.94. The average Bonchev–Trinajstić information content (AvgIpc) is 2.79. The SMILES string of the molecule is Cc1cc(Cl)c(NCc2cnn(C)c2C)c2cccnc12. The third-order valence-corrected chi connectivity index (χ3v) is 4.12. The maximum atomic E-state index is 6.41. The average molecular weight is 301 g/mol. The van der Waals surface area contributed by atoms with Gasteiger partial charge in [0.05, 0.1) is 22.4 Å². The van der Waals surface area contributed by atoms with Gasteiger partial charge in [0.15, 0.2) is 0 Å². The third-order valence-electron chi connectivity index (χ3n) is 3.83. The summed E-state index contributed by atoms with van der Waals surface area (Å²) < 4.78 is 1.87. The van der Waals surface area contributed by atoms with Crippen molar-refractivity contribution in [3.8, 4) is 0 Å². The molecule has 1 N–H and O–H groups in total. The fourth-order valence-corrected chi connectivity index (χ4v) is 2.79. The Morgan fingerprint density at radius 1 is 1.33 bits per heavy atom. The van der Waals surface area contributed by atoms with Gasteiger partial charge in [-0.3, -0.25) is 9.67 Å². The lowest BCUT2D eigenvalue weighted by atomic mass is 10.1. The van der Waals surface area contributed by atoms with E-state index in [1.54, 1.807) is 6.20 Å². The van der Waals surface area contributed by atoms with Gasteiger partial charge >= 0.3 is 0 Å². The zero-order valence-electron chi connectivity index (χ0n) is 12.3. The summed E-state index contributed by atoms with van der Waals surface area (Å²) in [4.78, 5) is 4.44. The standard InChI is InChI=1S/C16H17ClN4/c1-10-7-14(17)16(13-5-4-6-18-15(10)13)19-8-12-9-20-21(3)11(12)2/h4-7,9,19H,8H2,1-3H3. The Morgan fingerprint density at radius 3 is 2.86 bits per heavy atom. The Kier molecular flexibility index (Phi) is 3.55. The van der Waals surface area contributed by atoms with Crippen molar-refractivity contribution >= 4 is 28.2 Å². The molecule has 0 bridgehead atoms. The number of anilines is 1. The molecule has 2 heterocycles. The fraction of sp³-hybridized carbons (Fsp3) is 0.250. The van der Waals surface area contributed by atoms with Gasteiger partial charge in [0.2, 0.25) is 0 Å². The summed E-state index contributed by atoms with van der Waals surface area (Å²) in [5, 5.41) is 9.45. The molecule has 0 aliphatic carbocycles. The van der Waals surface area contributed by atoms with Gasteiger partial charge in [0.1, 0.15) is 0 Å². The second kappa shape index (κ2) is 5.37. The predicted molar refractivity (Wildman–Crippen MR) is 86.8 cm³/mol. The van der Waals surface area contributed by atoms with Crippen LogP contribution in [0, 0.1) is 13.8 Å². The lowest BCUT2D eigenvalue weighted by Gasteiger charge is -2.13. The lowest BCUT2D eigenvalue weighted by Crippen LogP contribution is -2.03. The largest absolute Gasteiger partial charge is 0.379 e. The Labute approximate surface area is 128 Å². The van der Waals surface area contributed by atoms with E-state index in [4.69, 9.17) is 11.6 Å². The van der Waals surface area contributed by atoms with E-state index in [0.717, 1.165) is 38.4 Å². The molecule has 0 atom stereocenters. The summed E-state index contributed by atoms with van der Waals surface area (Å²) >= 11 is 6.41. The van der Waals surface area contributed by atoms with Crippen LogP contribution in [0.3, 0.4) is 0 Å². The van der Waals surface area contributed by atoms with Crippen LogP contribution in [0.5, 0.6) is 0 Å². The molecule has 1 aromatic carbocycles. The molecule has 0 saturated heterocycles. The predicted octanol–water partition coefficient (Wildman–Crippen LogP) is 3.85. The summed E-state index contributed by atoms with van der Waals surface area (Å²) in [6, 6.07) is 5.92. The van der Waals surface area contributed by atoms with Crippen molar-refractivity contribution in [2.24, 2.45) is 7.05 Å². The van der Waals surface area contributed by atoms with Crippen molar-refractivity contribution in [2.45, 2.75) is 20.4 Å². The van der Waals surface area contributed by atoms with Gasteiger partial charge in [-0.2, -0.15) is 5.10 Å². The Bertz CT molecular complexity index is 807. The highest BCUT2D eigenvalue weighted by molar-refractivity contribution is 6.35. The summed E-state index contributed by atoms with van der Waals surface area (Å²) in [6.07, 6.45) is 3.68. The van der Waals surface area contributed by atoms with Crippen molar-refractivity contribution in [3.63, 3.8) is 0 Å². The maximum Gasteiger partial charge on any atom is 0.0752 e. The van der Waals surface area contributed by atoms with Gasteiger partial charge in [0.25, 0.3) is 0 Å². The number of halogens is 1. The fourth-order valence-electron chi connectivity index (χ4n) is 2.46. The number of aryl methyl sites for hydroxylation is 2. The van der Waals surface area contributed by atoms with Gasteiger partial charge in [-0.1, -0.05) is 11.6 Å². The number of nitrogens with one attached hydrogen (secondary N) is 1. The number of hydrogen-bond acceptors (Lipinski definition) is 3. The molecule has 2 aromatic heterocycles. The number of hydrogen-bond donors (Lipinski definition) is 1. The lowest BCUT2D eigenvalue weighted by molar-refractivity contribution is 0.738. The van der Waals surface area contributed by atoms with E-state index in [2.05, 4.69) is 22.3 Å². The van der Waals surface area contributed by atoms with E-state index in [0.29, 0.717) is 6.54 Å². The second-order valence-electron chi connectivity index (χ2n) is 5.18. The quantitative estimate of drug-likeness (QED) is 0.799. The topological polar surface area (TPSA) is 42.7 Å². The third kappa shape index (κ3) is 2.47. The Balaban J connectivity index is 1.99. The van der Waals surface area contributed by atoms with Crippen LogP contribution in [-0.4, -0.2) is 14.8 Å². The first-order valence-electron chi connectivity index (χ1n) is 6.83. The number of nitrogens with zero attached hydrogens (tertiary/aromatic N) is 3. The molecule has 0 radical (unpaired) electrons. The van der Waals surface area contributed by atoms with Crippen molar-refractivity contribution in [3.05, 3.63) is 52.4 Å². The number of pyridine rings is 1. The molecule has 0 saturated carbocycles. The molecule has 108 valence electrons. The molecule has 0 spiro atoms. The highest BCUT2D eigenvalue weighted by Gasteiger charge is 2.11. The monoisotopic (exact) mass is 300 g/mol. The van der Waals surface area contributed by atoms with Crippen LogP contribution in [-0.2, 0) is 13.6 Å². The first kappa shape index (κ1) is 13.9. The van der Waals surface area contributed by atoms with Gasteiger partial charge in [-0.05, 0) is 37.6 Å². The van der Waals surface area contributed by atoms with E-state index in [1.807, 2.05) is 43.0 Å². The Morgan fingerprint density at radius 2 is 2.14 bits per heavy atom. The van der Waals surface area contributed by atoms with E-state index in [-0.39, 0.29) is 0 Å². The van der Waals surface area contributed by atoms with E-state index >= 15 is 0 Å². The summed E-state index contributed by atoms with van der Waals surface area (Å²) in [6.45, 7) is 4.77. The van der Waals surface area contributed by atoms with Crippen molar-refractivity contribution in [1.29, 1.82) is 0 Å². The van der Waals surface area contributed by atoms with Gasteiger partial charge in [0, 0.05) is 36.4 Å². The zero-order valence-corrected chi connectivity index (χ0v) is 13.1. The number of fused-ring (bicyclic) bond motifs is 1. The second-order valence-corrected chi connectivity index (χ2v) is 5.59. The van der Waals surface area contributed by atoms with Crippen molar-refractivity contribution in [1.82, 2.24) is 14.8 Å². The minimum Gasteiger partial charge on any atom is -0.379 e. The van der Waals surface area contributed by atoms with E-state index in [9.17, 15) is 0 Å². The molecule has 3 aromatic rings.